The van der Waals surface area contributed by atoms with Crippen LogP contribution in [0.3, 0.4) is 0 Å². The lowest BCUT2D eigenvalue weighted by Gasteiger charge is -2.29. The molecule has 0 radical (unpaired) electrons. The van der Waals surface area contributed by atoms with Crippen molar-refractivity contribution in [2.45, 2.75) is 44.4 Å². The summed E-state index contributed by atoms with van der Waals surface area (Å²) in [6.07, 6.45) is 5.06. The van der Waals surface area contributed by atoms with Crippen molar-refractivity contribution in [3.63, 3.8) is 0 Å². The maximum absolute atomic E-state index is 12.6. The third-order valence-electron chi connectivity index (χ3n) is 4.63. The number of nitrogens with zero attached hydrogens (tertiary/aromatic N) is 1. The van der Waals surface area contributed by atoms with E-state index in [4.69, 9.17) is 10.7 Å². The minimum Gasteiger partial charge on any atom is -0.370 e. The Morgan fingerprint density at radius 2 is 2.04 bits per heavy atom. The van der Waals surface area contributed by atoms with E-state index >= 15 is 0 Å². The number of amides is 2. The van der Waals surface area contributed by atoms with E-state index in [-0.39, 0.29) is 23.7 Å². The lowest BCUT2D eigenvalue weighted by atomic mass is 9.79. The smallest absolute Gasteiger partial charge is 0.223 e. The second-order valence-electron chi connectivity index (χ2n) is 6.38. The maximum Gasteiger partial charge on any atom is 0.223 e. The molecule has 5 nitrogen and oxygen atoms in total. The van der Waals surface area contributed by atoms with E-state index in [1.807, 2.05) is 18.2 Å². The number of nitrogens with one attached hydrogen (secondary N) is 1. The molecule has 1 aromatic carbocycles. The summed E-state index contributed by atoms with van der Waals surface area (Å²) in [6, 6.07) is 8.12. The lowest BCUT2D eigenvalue weighted by Crippen LogP contribution is -2.36. The van der Waals surface area contributed by atoms with E-state index in [2.05, 4.69) is 11.4 Å². The van der Waals surface area contributed by atoms with Crippen LogP contribution in [0.5, 0.6) is 0 Å². The van der Waals surface area contributed by atoms with Crippen LogP contribution in [-0.2, 0) is 9.59 Å². The van der Waals surface area contributed by atoms with Crippen LogP contribution in [0.1, 0.15) is 49.5 Å². The van der Waals surface area contributed by atoms with Crippen LogP contribution in [0.25, 0.3) is 10.2 Å². The van der Waals surface area contributed by atoms with Crippen LogP contribution in [-0.4, -0.2) is 23.3 Å². The summed E-state index contributed by atoms with van der Waals surface area (Å²) >= 11 is 1.70. The molecule has 1 heterocycles. The van der Waals surface area contributed by atoms with E-state index in [1.165, 1.54) is 4.70 Å². The molecule has 128 valence electrons. The molecule has 3 N–H and O–H groups in total. The van der Waals surface area contributed by atoms with E-state index in [1.54, 1.807) is 11.3 Å². The number of carbonyl (C=O) groups is 2. The zero-order chi connectivity index (χ0) is 16.9. The molecule has 1 aliphatic rings. The highest BCUT2D eigenvalue weighted by atomic mass is 32.1. The average molecular weight is 345 g/mol. The number of thiazole rings is 1. The Bertz CT molecular complexity index is 695. The van der Waals surface area contributed by atoms with Crippen molar-refractivity contribution in [1.29, 1.82) is 0 Å². The first-order valence-electron chi connectivity index (χ1n) is 8.56. The standard InChI is InChI=1S/C18H23N3O2S/c19-16(22)10-5-11-20-17(23)12-6-1-2-7-13(12)18-21-14-8-3-4-9-15(14)24-18/h3-4,8-9,12-13H,1-2,5-7,10-11H2,(H2,19,22)(H,20,23)/t12-,13-/m0/s1. The summed E-state index contributed by atoms with van der Waals surface area (Å²) in [4.78, 5) is 28.1. The number of carbonyl (C=O) groups excluding carboxylic acids is 2. The molecular formula is C18H23N3O2S. The van der Waals surface area contributed by atoms with Crippen molar-refractivity contribution in [1.82, 2.24) is 10.3 Å². The fraction of sp³-hybridized carbons (Fsp3) is 0.500. The van der Waals surface area contributed by atoms with Gasteiger partial charge in [-0.2, -0.15) is 0 Å². The molecule has 2 amide bonds. The van der Waals surface area contributed by atoms with Crippen molar-refractivity contribution in [2.75, 3.05) is 6.54 Å². The Kier molecular flexibility index (Phi) is 5.45. The molecule has 3 rings (SSSR count). The summed E-state index contributed by atoms with van der Waals surface area (Å²) in [7, 11) is 0. The van der Waals surface area contributed by atoms with Gasteiger partial charge in [-0.15, -0.1) is 11.3 Å². The number of rotatable bonds is 6. The molecule has 0 saturated heterocycles. The SMILES string of the molecule is NC(=O)CCCNC(=O)[C@H]1CCCC[C@@H]1c1nc2ccccc2s1. The van der Waals surface area contributed by atoms with Crippen molar-refractivity contribution in [2.24, 2.45) is 11.7 Å². The molecule has 0 bridgehead atoms. The third kappa shape index (κ3) is 3.93. The van der Waals surface area contributed by atoms with E-state index in [0.29, 0.717) is 19.4 Å². The van der Waals surface area contributed by atoms with Gasteiger partial charge in [0.25, 0.3) is 0 Å². The predicted octanol–water partition coefficient (Wildman–Crippen LogP) is 2.95. The minimum atomic E-state index is -0.325. The molecule has 1 fully saturated rings. The Balaban J connectivity index is 1.68. The predicted molar refractivity (Wildman–Crippen MR) is 95.8 cm³/mol. The van der Waals surface area contributed by atoms with Gasteiger partial charge in [0.2, 0.25) is 11.8 Å². The molecule has 2 aromatic rings. The van der Waals surface area contributed by atoms with Gasteiger partial charge in [-0.1, -0.05) is 25.0 Å². The summed E-state index contributed by atoms with van der Waals surface area (Å²) in [5.74, 6) is -0.0575. The maximum atomic E-state index is 12.6. The lowest BCUT2D eigenvalue weighted by molar-refractivity contribution is -0.126. The largest absolute Gasteiger partial charge is 0.370 e. The summed E-state index contributed by atoms with van der Waals surface area (Å²) in [5.41, 5.74) is 6.15. The number of primary amides is 1. The van der Waals surface area contributed by atoms with Crippen LogP contribution in [0, 0.1) is 5.92 Å². The Morgan fingerprint density at radius 3 is 2.83 bits per heavy atom. The number of nitrogens with two attached hydrogens (primary N) is 1. The summed E-state index contributed by atoms with van der Waals surface area (Å²) < 4.78 is 1.18. The first kappa shape index (κ1) is 16.9. The fourth-order valence-electron chi connectivity index (χ4n) is 3.39. The second-order valence-corrected chi connectivity index (χ2v) is 7.44. The quantitative estimate of drug-likeness (QED) is 0.789. The summed E-state index contributed by atoms with van der Waals surface area (Å²) in [6.45, 7) is 0.505. The van der Waals surface area contributed by atoms with Gasteiger partial charge in [0.1, 0.15) is 0 Å². The monoisotopic (exact) mass is 345 g/mol. The molecule has 24 heavy (non-hydrogen) atoms. The van der Waals surface area contributed by atoms with Gasteiger partial charge in [-0.25, -0.2) is 4.98 Å². The minimum absolute atomic E-state index is 0.0205. The van der Waals surface area contributed by atoms with Gasteiger partial charge >= 0.3 is 0 Å². The second kappa shape index (κ2) is 7.75. The van der Waals surface area contributed by atoms with Gasteiger partial charge in [-0.05, 0) is 31.4 Å². The van der Waals surface area contributed by atoms with E-state index < -0.39 is 0 Å². The normalized spacial score (nSPS) is 20.8. The molecule has 1 aliphatic carbocycles. The zero-order valence-corrected chi connectivity index (χ0v) is 14.5. The first-order valence-corrected chi connectivity index (χ1v) is 9.38. The van der Waals surface area contributed by atoms with Gasteiger partial charge in [-0.3, -0.25) is 9.59 Å². The van der Waals surface area contributed by atoms with Crippen LogP contribution < -0.4 is 11.1 Å². The van der Waals surface area contributed by atoms with Crippen LogP contribution in [0.4, 0.5) is 0 Å². The van der Waals surface area contributed by atoms with Crippen LogP contribution >= 0.6 is 11.3 Å². The highest BCUT2D eigenvalue weighted by Crippen LogP contribution is 2.40. The average Bonchev–Trinajstić information content (AvgIpc) is 3.02. The molecule has 0 aliphatic heterocycles. The van der Waals surface area contributed by atoms with Crippen molar-refractivity contribution < 1.29 is 9.59 Å². The summed E-state index contributed by atoms with van der Waals surface area (Å²) in [5, 5.41) is 4.05. The number of aromatic nitrogens is 1. The van der Waals surface area contributed by atoms with Gasteiger partial charge in [0.05, 0.1) is 15.2 Å². The molecule has 2 atom stereocenters. The Morgan fingerprint density at radius 1 is 1.25 bits per heavy atom. The van der Waals surface area contributed by atoms with E-state index in [0.717, 1.165) is 36.2 Å². The van der Waals surface area contributed by atoms with Crippen molar-refractivity contribution in [3.05, 3.63) is 29.3 Å². The molecular weight excluding hydrogens is 322 g/mol. The highest BCUT2D eigenvalue weighted by molar-refractivity contribution is 7.18. The molecule has 0 unspecified atom stereocenters. The molecule has 6 heteroatoms. The van der Waals surface area contributed by atoms with E-state index in [9.17, 15) is 9.59 Å². The van der Waals surface area contributed by atoms with Crippen molar-refractivity contribution in [3.8, 4) is 0 Å². The van der Waals surface area contributed by atoms with Gasteiger partial charge in [0, 0.05) is 24.8 Å². The number of hydrogen-bond acceptors (Lipinski definition) is 4. The molecule has 0 spiro atoms. The Labute approximate surface area is 145 Å². The van der Waals surface area contributed by atoms with Crippen molar-refractivity contribution >= 4 is 33.4 Å². The highest BCUT2D eigenvalue weighted by Gasteiger charge is 2.33. The molecule has 1 aromatic heterocycles. The Hall–Kier alpha value is -1.95. The molecule has 1 saturated carbocycles. The topological polar surface area (TPSA) is 85.1 Å². The zero-order valence-electron chi connectivity index (χ0n) is 13.7. The van der Waals surface area contributed by atoms with Gasteiger partial charge in [0.15, 0.2) is 0 Å². The number of benzene rings is 1. The first-order chi connectivity index (χ1) is 11.6. The number of para-hydroxylation sites is 1. The van der Waals surface area contributed by atoms with Crippen LogP contribution in [0.2, 0.25) is 0 Å². The van der Waals surface area contributed by atoms with Crippen LogP contribution in [0.15, 0.2) is 24.3 Å². The fourth-order valence-corrected chi connectivity index (χ4v) is 4.56. The van der Waals surface area contributed by atoms with Gasteiger partial charge < -0.3 is 11.1 Å². The number of hydrogen-bond donors (Lipinski definition) is 2. The number of fused-ring (bicyclic) bond motifs is 1. The third-order valence-corrected chi connectivity index (χ3v) is 5.80.